The Balaban J connectivity index is 1.17. The highest BCUT2D eigenvalue weighted by atomic mass is 28.3. The summed E-state index contributed by atoms with van der Waals surface area (Å²) < 4.78 is 57.6. The Bertz CT molecular complexity index is 1690. The van der Waals surface area contributed by atoms with Crippen molar-refractivity contribution in [1.82, 2.24) is 34.4 Å². The van der Waals surface area contributed by atoms with E-state index >= 15 is 4.39 Å². The second kappa shape index (κ2) is 14.9. The summed E-state index contributed by atoms with van der Waals surface area (Å²) >= 11 is 0. The Morgan fingerprint density at radius 3 is 2.43 bits per heavy atom. The van der Waals surface area contributed by atoms with Crippen LogP contribution in [0.1, 0.15) is 25.7 Å². The first-order chi connectivity index (χ1) is 23.4. The van der Waals surface area contributed by atoms with Crippen LogP contribution in [0.5, 0.6) is 5.75 Å². The average molecular weight is 698 g/mol. The number of rotatable bonds is 14. The van der Waals surface area contributed by atoms with Gasteiger partial charge in [-0.2, -0.15) is 14.5 Å². The molecule has 0 aliphatic carbocycles. The molecule has 5 heterocycles. The SMILES string of the molecule is Cn1nc(-c2ccc(N3CCC(F)(F)CC3)nc2)nc1Nc1ccc(-c2cnn(COCC[Si](C)(C)C)c2F)cc1OCCN1CCCC1. The van der Waals surface area contributed by atoms with Crippen molar-refractivity contribution in [3.05, 3.63) is 48.7 Å². The molecule has 11 nitrogen and oxygen atoms in total. The Hall–Kier alpha value is -3.95. The van der Waals surface area contributed by atoms with Gasteiger partial charge in [0, 0.05) is 66.0 Å². The van der Waals surface area contributed by atoms with Gasteiger partial charge < -0.3 is 19.7 Å². The fourth-order valence-electron chi connectivity index (χ4n) is 5.89. The van der Waals surface area contributed by atoms with Gasteiger partial charge >= 0.3 is 0 Å². The van der Waals surface area contributed by atoms with Gasteiger partial charge in [0.15, 0.2) is 5.82 Å². The Morgan fingerprint density at radius 2 is 1.71 bits per heavy atom. The third kappa shape index (κ3) is 8.99. The minimum atomic E-state index is -2.61. The topological polar surface area (TPSA) is 98.4 Å². The van der Waals surface area contributed by atoms with Crippen molar-refractivity contribution >= 4 is 25.5 Å². The molecule has 0 spiro atoms. The fraction of sp³-hybridized carbons (Fsp3) is 0.529. The molecule has 2 aliphatic rings. The van der Waals surface area contributed by atoms with E-state index in [2.05, 4.69) is 45.0 Å². The molecule has 1 aromatic carbocycles. The monoisotopic (exact) mass is 697 g/mol. The molecule has 6 rings (SSSR count). The van der Waals surface area contributed by atoms with Crippen LogP contribution in [0.4, 0.5) is 30.6 Å². The number of anilines is 3. The number of nitrogens with one attached hydrogen (secondary N) is 1. The lowest BCUT2D eigenvalue weighted by Crippen LogP contribution is -2.39. The number of likely N-dealkylation sites (tertiary alicyclic amines) is 1. The van der Waals surface area contributed by atoms with E-state index in [1.54, 1.807) is 17.9 Å². The number of benzene rings is 1. The van der Waals surface area contributed by atoms with Crippen LogP contribution < -0.4 is 15.0 Å². The van der Waals surface area contributed by atoms with Crippen molar-refractivity contribution < 1.29 is 22.6 Å². The van der Waals surface area contributed by atoms with E-state index in [1.165, 1.54) is 23.7 Å². The van der Waals surface area contributed by atoms with Gasteiger partial charge in [0.25, 0.3) is 5.92 Å². The number of aromatic nitrogens is 6. The number of halogens is 3. The maximum Gasteiger partial charge on any atom is 0.251 e. The molecule has 4 aromatic rings. The van der Waals surface area contributed by atoms with E-state index < -0.39 is 19.9 Å². The van der Waals surface area contributed by atoms with Crippen molar-refractivity contribution in [1.29, 1.82) is 0 Å². The summed E-state index contributed by atoms with van der Waals surface area (Å²) in [5.74, 6) is -0.933. The van der Waals surface area contributed by atoms with Crippen LogP contribution >= 0.6 is 0 Å². The minimum Gasteiger partial charge on any atom is -0.490 e. The number of pyridine rings is 1. The summed E-state index contributed by atoms with van der Waals surface area (Å²) in [6.45, 7) is 11.4. The van der Waals surface area contributed by atoms with Gasteiger partial charge in [-0.3, -0.25) is 4.90 Å². The lowest BCUT2D eigenvalue weighted by atomic mass is 10.1. The summed E-state index contributed by atoms with van der Waals surface area (Å²) in [7, 11) is 0.531. The standard InChI is InChI=1S/C34H46F3N9O2Si/c1-43-33(41-32(42-43)26-8-10-30(38-22-26)45-15-11-34(36,37)12-16-45)40-28-9-7-25(21-29(28)48-18-17-44-13-5-6-14-44)27-23-39-46(31(27)35)24-47-19-20-49(2,3)4/h7-10,21-23H,5-6,11-20,24H2,1-4H3,(H,40,41,42). The van der Waals surface area contributed by atoms with Gasteiger partial charge in [0.05, 0.1) is 17.4 Å². The van der Waals surface area contributed by atoms with Gasteiger partial charge in [-0.05, 0) is 61.8 Å². The van der Waals surface area contributed by atoms with E-state index in [1.807, 2.05) is 35.2 Å². The van der Waals surface area contributed by atoms with Crippen molar-refractivity contribution in [2.24, 2.45) is 7.05 Å². The quantitative estimate of drug-likeness (QED) is 0.115. The molecule has 15 heteroatoms. The zero-order valence-corrected chi connectivity index (χ0v) is 29.8. The van der Waals surface area contributed by atoms with E-state index in [4.69, 9.17) is 14.5 Å². The van der Waals surface area contributed by atoms with Crippen LogP contribution in [0.2, 0.25) is 25.7 Å². The molecule has 0 amide bonds. The lowest BCUT2D eigenvalue weighted by Gasteiger charge is -2.32. The second-order valence-electron chi connectivity index (χ2n) is 14.1. The number of ether oxygens (including phenoxy) is 2. The highest BCUT2D eigenvalue weighted by molar-refractivity contribution is 6.76. The van der Waals surface area contributed by atoms with Gasteiger partial charge in [-0.25, -0.2) is 23.1 Å². The van der Waals surface area contributed by atoms with Crippen LogP contribution in [0.3, 0.4) is 0 Å². The molecule has 0 unspecified atom stereocenters. The molecule has 3 aromatic heterocycles. The van der Waals surface area contributed by atoms with Crippen LogP contribution in [0.15, 0.2) is 42.7 Å². The molecule has 49 heavy (non-hydrogen) atoms. The number of piperidine rings is 1. The molecule has 0 atom stereocenters. The highest BCUT2D eigenvalue weighted by Crippen LogP contribution is 2.35. The van der Waals surface area contributed by atoms with Gasteiger partial charge in [-0.1, -0.05) is 25.7 Å². The number of hydrogen-bond acceptors (Lipinski definition) is 9. The molecule has 0 bridgehead atoms. The van der Waals surface area contributed by atoms with E-state index in [0.29, 0.717) is 58.9 Å². The summed E-state index contributed by atoms with van der Waals surface area (Å²) in [6, 6.07) is 10.1. The normalized spacial score (nSPS) is 16.8. The zero-order valence-electron chi connectivity index (χ0n) is 28.8. The van der Waals surface area contributed by atoms with Crippen molar-refractivity contribution in [3.63, 3.8) is 0 Å². The zero-order chi connectivity index (χ0) is 34.6. The maximum atomic E-state index is 15.5. The van der Waals surface area contributed by atoms with Crippen LogP contribution in [0.25, 0.3) is 22.5 Å². The summed E-state index contributed by atoms with van der Waals surface area (Å²) in [5.41, 5.74) is 2.35. The summed E-state index contributed by atoms with van der Waals surface area (Å²) in [5, 5.41) is 12.2. The molecular weight excluding hydrogens is 652 g/mol. The molecule has 1 N–H and O–H groups in total. The summed E-state index contributed by atoms with van der Waals surface area (Å²) in [4.78, 5) is 13.5. The van der Waals surface area contributed by atoms with Gasteiger partial charge in [0.2, 0.25) is 11.9 Å². The molecular formula is C34H46F3N9O2Si. The predicted octanol–water partition coefficient (Wildman–Crippen LogP) is 6.65. The van der Waals surface area contributed by atoms with E-state index in [0.717, 1.165) is 25.7 Å². The van der Waals surface area contributed by atoms with Crippen LogP contribution in [-0.4, -0.2) is 94.4 Å². The number of hydrogen-bond donors (Lipinski definition) is 1. The Labute approximate surface area is 286 Å². The molecule has 2 aliphatic heterocycles. The number of nitrogens with zero attached hydrogens (tertiary/aromatic N) is 8. The third-order valence-corrected chi connectivity index (χ3v) is 10.7. The van der Waals surface area contributed by atoms with Gasteiger partial charge in [0.1, 0.15) is 24.9 Å². The number of aryl methyl sites for hydroxylation is 1. The lowest BCUT2D eigenvalue weighted by molar-refractivity contribution is -0.0221. The Morgan fingerprint density at radius 1 is 0.959 bits per heavy atom. The van der Waals surface area contributed by atoms with Crippen LogP contribution in [0, 0.1) is 5.95 Å². The van der Waals surface area contributed by atoms with Crippen LogP contribution in [-0.2, 0) is 18.5 Å². The minimum absolute atomic E-state index is 0.0546. The largest absolute Gasteiger partial charge is 0.490 e. The van der Waals surface area contributed by atoms with Crippen molar-refractivity contribution in [3.8, 4) is 28.3 Å². The molecule has 0 radical (unpaired) electrons. The highest BCUT2D eigenvalue weighted by Gasteiger charge is 2.34. The molecule has 2 fully saturated rings. The molecule has 264 valence electrons. The fourth-order valence-corrected chi connectivity index (χ4v) is 6.65. The Kier molecular flexibility index (Phi) is 10.6. The first-order valence-corrected chi connectivity index (χ1v) is 20.7. The van der Waals surface area contributed by atoms with Gasteiger partial charge in [-0.15, -0.1) is 5.10 Å². The van der Waals surface area contributed by atoms with Crippen molar-refractivity contribution in [2.75, 3.05) is 56.2 Å². The van der Waals surface area contributed by atoms with E-state index in [-0.39, 0.29) is 32.7 Å². The summed E-state index contributed by atoms with van der Waals surface area (Å²) in [6.07, 6.45) is 5.21. The van der Waals surface area contributed by atoms with Crippen molar-refractivity contribution in [2.45, 2.75) is 64.0 Å². The number of alkyl halides is 2. The molecule has 0 saturated carbocycles. The average Bonchev–Trinajstić information content (AvgIpc) is 3.81. The third-order valence-electron chi connectivity index (χ3n) is 8.98. The first kappa shape index (κ1) is 34.9. The second-order valence-corrected chi connectivity index (χ2v) is 19.7. The first-order valence-electron chi connectivity index (χ1n) is 17.0. The smallest absolute Gasteiger partial charge is 0.251 e. The maximum absolute atomic E-state index is 15.5. The van der Waals surface area contributed by atoms with E-state index in [9.17, 15) is 8.78 Å². The molecule has 2 saturated heterocycles. The predicted molar refractivity (Wildman–Crippen MR) is 187 cm³/mol.